The van der Waals surface area contributed by atoms with E-state index >= 15 is 0 Å². The van der Waals surface area contributed by atoms with E-state index in [0.717, 1.165) is 25.7 Å². The van der Waals surface area contributed by atoms with Crippen molar-refractivity contribution in [1.82, 2.24) is 5.32 Å². The van der Waals surface area contributed by atoms with Crippen molar-refractivity contribution in [2.75, 3.05) is 6.54 Å². The van der Waals surface area contributed by atoms with Crippen LogP contribution in [-0.4, -0.2) is 18.0 Å². The summed E-state index contributed by atoms with van der Waals surface area (Å²) in [5.74, 6) is 0.365. The van der Waals surface area contributed by atoms with Gasteiger partial charge in [0.05, 0.1) is 5.54 Å². The third-order valence-electron chi connectivity index (χ3n) is 4.96. The van der Waals surface area contributed by atoms with Crippen LogP contribution >= 0.6 is 0 Å². The maximum Gasteiger partial charge on any atom is 0.224 e. The van der Waals surface area contributed by atoms with Gasteiger partial charge in [-0.1, -0.05) is 40.5 Å². The van der Waals surface area contributed by atoms with Gasteiger partial charge in [0, 0.05) is 12.5 Å². The summed E-state index contributed by atoms with van der Waals surface area (Å²) >= 11 is 0. The Morgan fingerprint density at radius 2 is 1.94 bits per heavy atom. The summed E-state index contributed by atoms with van der Waals surface area (Å²) in [7, 11) is 0. The number of rotatable bonds is 5. The quantitative estimate of drug-likeness (QED) is 0.792. The van der Waals surface area contributed by atoms with E-state index in [-0.39, 0.29) is 22.8 Å². The van der Waals surface area contributed by atoms with Gasteiger partial charge >= 0.3 is 0 Å². The van der Waals surface area contributed by atoms with Crippen molar-refractivity contribution in [2.24, 2.45) is 17.1 Å². The number of nitrogens with one attached hydrogen (secondary N) is 1. The van der Waals surface area contributed by atoms with E-state index in [1.165, 1.54) is 12.8 Å². The highest BCUT2D eigenvalue weighted by Crippen LogP contribution is 2.40. The van der Waals surface area contributed by atoms with Crippen molar-refractivity contribution >= 4 is 5.91 Å². The van der Waals surface area contributed by atoms with Gasteiger partial charge in [-0.05, 0) is 31.1 Å². The zero-order valence-corrected chi connectivity index (χ0v) is 12.5. The fourth-order valence-corrected chi connectivity index (χ4v) is 3.09. The molecule has 3 nitrogen and oxygen atoms in total. The molecule has 3 heteroatoms. The van der Waals surface area contributed by atoms with Crippen LogP contribution in [-0.2, 0) is 4.79 Å². The van der Waals surface area contributed by atoms with Crippen molar-refractivity contribution in [3.05, 3.63) is 0 Å². The molecule has 0 aromatic heterocycles. The van der Waals surface area contributed by atoms with Gasteiger partial charge in [-0.25, -0.2) is 0 Å². The van der Waals surface area contributed by atoms with Gasteiger partial charge in [0.1, 0.15) is 0 Å². The fraction of sp³-hybridized carbons (Fsp3) is 0.933. The zero-order valence-electron chi connectivity index (χ0n) is 12.5. The van der Waals surface area contributed by atoms with Crippen molar-refractivity contribution in [2.45, 2.75) is 71.8 Å². The third-order valence-corrected chi connectivity index (χ3v) is 4.96. The van der Waals surface area contributed by atoms with E-state index in [9.17, 15) is 4.79 Å². The van der Waals surface area contributed by atoms with Crippen LogP contribution in [0.4, 0.5) is 0 Å². The molecule has 1 unspecified atom stereocenters. The fourth-order valence-electron chi connectivity index (χ4n) is 3.09. The Labute approximate surface area is 112 Å². The number of nitrogens with two attached hydrogens (primary N) is 1. The Morgan fingerprint density at radius 1 is 1.33 bits per heavy atom. The first kappa shape index (κ1) is 15.5. The van der Waals surface area contributed by atoms with Gasteiger partial charge < -0.3 is 11.1 Å². The lowest BCUT2D eigenvalue weighted by Crippen LogP contribution is -2.56. The Bertz CT molecular complexity index is 274. The topological polar surface area (TPSA) is 55.1 Å². The maximum absolute atomic E-state index is 12.5. The maximum atomic E-state index is 12.5. The van der Waals surface area contributed by atoms with Gasteiger partial charge in [0.15, 0.2) is 0 Å². The second kappa shape index (κ2) is 6.05. The molecule has 1 rings (SSSR count). The predicted octanol–water partition coefficient (Wildman–Crippen LogP) is 2.84. The number of hydrogen-bond acceptors (Lipinski definition) is 2. The van der Waals surface area contributed by atoms with Crippen molar-refractivity contribution in [3.8, 4) is 0 Å². The van der Waals surface area contributed by atoms with Crippen LogP contribution in [0.15, 0.2) is 0 Å². The molecular weight excluding hydrogens is 224 g/mol. The summed E-state index contributed by atoms with van der Waals surface area (Å²) in [6, 6.07) is 0. The number of amides is 1. The minimum absolute atomic E-state index is 0.129. The highest BCUT2D eigenvalue weighted by atomic mass is 16.2. The molecule has 1 atom stereocenters. The number of carbonyl (C=O) groups is 1. The normalized spacial score (nSPS) is 23.7. The first-order chi connectivity index (χ1) is 8.40. The van der Waals surface area contributed by atoms with E-state index in [1.54, 1.807) is 0 Å². The van der Waals surface area contributed by atoms with Crippen molar-refractivity contribution in [1.29, 1.82) is 0 Å². The smallest absolute Gasteiger partial charge is 0.224 e. The molecule has 0 spiro atoms. The van der Waals surface area contributed by atoms with Crippen LogP contribution in [0.5, 0.6) is 0 Å². The van der Waals surface area contributed by atoms with Gasteiger partial charge in [0.2, 0.25) is 5.91 Å². The Hall–Kier alpha value is -0.570. The molecule has 0 aromatic rings. The third kappa shape index (κ3) is 3.25. The minimum Gasteiger partial charge on any atom is -0.349 e. The molecule has 1 fully saturated rings. The molecule has 106 valence electrons. The molecule has 0 aromatic carbocycles. The summed E-state index contributed by atoms with van der Waals surface area (Å²) in [6.45, 7) is 9.17. The van der Waals surface area contributed by atoms with E-state index in [4.69, 9.17) is 5.73 Å². The van der Waals surface area contributed by atoms with Gasteiger partial charge in [-0.2, -0.15) is 0 Å². The summed E-state index contributed by atoms with van der Waals surface area (Å²) in [4.78, 5) is 12.5. The lowest BCUT2D eigenvalue weighted by Gasteiger charge is -2.40. The Morgan fingerprint density at radius 3 is 2.39 bits per heavy atom. The average Bonchev–Trinajstić information content (AvgIpc) is 2.35. The van der Waals surface area contributed by atoms with Gasteiger partial charge in [-0.15, -0.1) is 0 Å². The summed E-state index contributed by atoms with van der Waals surface area (Å²) in [5.41, 5.74) is 5.78. The molecule has 18 heavy (non-hydrogen) atoms. The Kier molecular flexibility index (Phi) is 5.20. The van der Waals surface area contributed by atoms with E-state index in [1.807, 2.05) is 0 Å². The predicted molar refractivity (Wildman–Crippen MR) is 76.2 cm³/mol. The highest BCUT2D eigenvalue weighted by molar-refractivity contribution is 5.80. The van der Waals surface area contributed by atoms with Crippen LogP contribution in [0.3, 0.4) is 0 Å². The van der Waals surface area contributed by atoms with Crippen LogP contribution in [0.25, 0.3) is 0 Å². The number of hydrogen-bond donors (Lipinski definition) is 2. The van der Waals surface area contributed by atoms with Gasteiger partial charge in [0.25, 0.3) is 0 Å². The second-order valence-corrected chi connectivity index (χ2v) is 6.47. The lowest BCUT2D eigenvalue weighted by atomic mass is 9.68. The molecule has 3 N–H and O–H groups in total. The zero-order chi connectivity index (χ0) is 13.8. The molecule has 0 aliphatic heterocycles. The average molecular weight is 254 g/mol. The van der Waals surface area contributed by atoms with E-state index < -0.39 is 0 Å². The molecule has 0 bridgehead atoms. The first-order valence-corrected chi connectivity index (χ1v) is 7.43. The van der Waals surface area contributed by atoms with Crippen LogP contribution in [0, 0.1) is 11.3 Å². The molecule has 1 saturated carbocycles. The molecule has 0 radical (unpaired) electrons. The first-order valence-electron chi connectivity index (χ1n) is 7.43. The standard InChI is InChI=1S/C15H30N2O/c1-5-15(6-2,11-16)17-13(18)12-9-7-8-10-14(12,3)4/h12H,5-11,16H2,1-4H3,(H,17,18). The highest BCUT2D eigenvalue weighted by Gasteiger charge is 2.39. The molecular formula is C15H30N2O. The summed E-state index contributed by atoms with van der Waals surface area (Å²) < 4.78 is 0. The van der Waals surface area contributed by atoms with Crippen LogP contribution < -0.4 is 11.1 Å². The van der Waals surface area contributed by atoms with Gasteiger partial charge in [-0.3, -0.25) is 4.79 Å². The lowest BCUT2D eigenvalue weighted by molar-refractivity contribution is -0.132. The molecule has 0 heterocycles. The van der Waals surface area contributed by atoms with Crippen LogP contribution in [0.2, 0.25) is 0 Å². The molecule has 1 aliphatic carbocycles. The minimum atomic E-state index is -0.204. The second-order valence-electron chi connectivity index (χ2n) is 6.47. The van der Waals surface area contributed by atoms with E-state index in [2.05, 4.69) is 33.0 Å². The van der Waals surface area contributed by atoms with Crippen molar-refractivity contribution < 1.29 is 4.79 Å². The summed E-state index contributed by atoms with van der Waals surface area (Å²) in [5, 5.41) is 3.24. The number of carbonyl (C=O) groups excluding carboxylic acids is 1. The van der Waals surface area contributed by atoms with Crippen LogP contribution in [0.1, 0.15) is 66.2 Å². The molecule has 1 amide bonds. The summed E-state index contributed by atoms with van der Waals surface area (Å²) in [6.07, 6.45) is 6.40. The molecule has 0 saturated heterocycles. The SMILES string of the molecule is CCC(CC)(CN)NC(=O)C1CCCCC1(C)C. The monoisotopic (exact) mass is 254 g/mol. The Balaban J connectivity index is 2.74. The molecule has 1 aliphatic rings. The van der Waals surface area contributed by atoms with Crippen molar-refractivity contribution in [3.63, 3.8) is 0 Å². The van der Waals surface area contributed by atoms with E-state index in [0.29, 0.717) is 6.54 Å². The largest absolute Gasteiger partial charge is 0.349 e.